The summed E-state index contributed by atoms with van der Waals surface area (Å²) in [4.78, 5) is 26.1. The first-order valence-electron chi connectivity index (χ1n) is 13.5. The van der Waals surface area contributed by atoms with E-state index < -0.39 is 46.0 Å². The van der Waals surface area contributed by atoms with Gasteiger partial charge in [-0.15, -0.1) is 0 Å². The molecule has 2 aromatic rings. The molecule has 0 radical (unpaired) electrons. The smallest absolute Gasteiger partial charge is 0.282 e. The number of nitrogens with two attached hydrogens (primary N) is 1. The molecule has 11 heteroatoms. The lowest BCUT2D eigenvalue weighted by Gasteiger charge is -2.30. The average Bonchev–Trinajstić information content (AvgIpc) is 3.21. The summed E-state index contributed by atoms with van der Waals surface area (Å²) in [6.45, 7) is 6.36. The number of carbonyl (C=O) groups is 2. The van der Waals surface area contributed by atoms with Crippen molar-refractivity contribution in [1.82, 2.24) is 13.9 Å². The van der Waals surface area contributed by atoms with Gasteiger partial charge in [0.25, 0.3) is 10.2 Å². The van der Waals surface area contributed by atoms with E-state index in [1.807, 2.05) is 37.3 Å². The zero-order valence-electron chi connectivity index (χ0n) is 22.8. The van der Waals surface area contributed by atoms with Gasteiger partial charge in [-0.25, -0.2) is 4.39 Å². The molecule has 1 heterocycles. The Morgan fingerprint density at radius 3 is 2.33 bits per heavy atom. The molecule has 1 saturated heterocycles. The highest BCUT2D eigenvalue weighted by Gasteiger charge is 2.41. The maximum atomic E-state index is 13.3. The zero-order valence-corrected chi connectivity index (χ0v) is 23.7. The van der Waals surface area contributed by atoms with Gasteiger partial charge in [-0.3, -0.25) is 9.59 Å². The van der Waals surface area contributed by atoms with Crippen LogP contribution in [0.15, 0.2) is 54.6 Å². The zero-order chi connectivity index (χ0) is 28.6. The summed E-state index contributed by atoms with van der Waals surface area (Å²) in [6, 6.07) is 13.0. The van der Waals surface area contributed by atoms with E-state index in [-0.39, 0.29) is 18.9 Å². The first-order valence-corrected chi connectivity index (χ1v) is 14.9. The monoisotopic (exact) mass is 561 g/mol. The first-order chi connectivity index (χ1) is 18.5. The number of halogens is 1. The summed E-state index contributed by atoms with van der Waals surface area (Å²) in [5.41, 5.74) is 7.99. The number of anilines is 1. The Balaban J connectivity index is 1.69. The Bertz CT molecular complexity index is 1200. The van der Waals surface area contributed by atoms with Gasteiger partial charge in [-0.1, -0.05) is 50.6 Å². The van der Waals surface area contributed by atoms with Gasteiger partial charge >= 0.3 is 0 Å². The van der Waals surface area contributed by atoms with E-state index >= 15 is 0 Å². The highest BCUT2D eigenvalue weighted by molar-refractivity contribution is 7.87. The topological polar surface area (TPSA) is 125 Å². The molecule has 4 N–H and O–H groups in total. The summed E-state index contributed by atoms with van der Waals surface area (Å²) in [7, 11) is -3.72. The number of nitrogens with one attached hydrogen (secondary N) is 2. The van der Waals surface area contributed by atoms with Crippen LogP contribution in [0.5, 0.6) is 0 Å². The summed E-state index contributed by atoms with van der Waals surface area (Å²) in [5, 5.41) is 5.74. The van der Waals surface area contributed by atoms with Crippen LogP contribution in [-0.2, 0) is 26.2 Å². The minimum atomic E-state index is -3.72. The average molecular weight is 562 g/mol. The molecule has 214 valence electrons. The van der Waals surface area contributed by atoms with Crippen molar-refractivity contribution in [2.45, 2.75) is 64.6 Å². The number of benzene rings is 2. The third-order valence-electron chi connectivity index (χ3n) is 7.09. The van der Waals surface area contributed by atoms with Crippen LogP contribution in [0.2, 0.25) is 0 Å². The van der Waals surface area contributed by atoms with Gasteiger partial charge in [0.05, 0.1) is 0 Å². The van der Waals surface area contributed by atoms with Gasteiger partial charge in [-0.2, -0.15) is 17.0 Å². The molecule has 9 nitrogen and oxygen atoms in total. The van der Waals surface area contributed by atoms with Crippen LogP contribution >= 0.6 is 0 Å². The SMILES string of the molecule is CCCCN1CCN([C@@H](C)C(=O)N[C@@H](Cc2ccccc2)[C@@H](N)C[C@@H](C)C(=O)Nc2ccc(F)cc2)S1(=O)=O. The summed E-state index contributed by atoms with van der Waals surface area (Å²) < 4.78 is 41.9. The fourth-order valence-corrected chi connectivity index (χ4v) is 6.41. The maximum absolute atomic E-state index is 13.3. The fraction of sp³-hybridized carbons (Fsp3) is 0.500. The molecule has 0 aliphatic carbocycles. The van der Waals surface area contributed by atoms with Gasteiger partial charge in [0.15, 0.2) is 0 Å². The summed E-state index contributed by atoms with van der Waals surface area (Å²) in [6.07, 6.45) is 2.32. The Hall–Kier alpha value is -2.86. The minimum Gasteiger partial charge on any atom is -0.350 e. The second-order valence-electron chi connectivity index (χ2n) is 10.1. The Kier molecular flexibility index (Phi) is 11.0. The lowest BCUT2D eigenvalue weighted by atomic mass is 9.92. The Morgan fingerprint density at radius 1 is 1.03 bits per heavy atom. The molecular weight excluding hydrogens is 521 g/mol. The predicted octanol–water partition coefficient (Wildman–Crippen LogP) is 2.90. The number of unbranched alkanes of at least 4 members (excludes halogenated alkanes) is 1. The number of hydrogen-bond donors (Lipinski definition) is 3. The van der Waals surface area contributed by atoms with Crippen molar-refractivity contribution in [2.24, 2.45) is 11.7 Å². The van der Waals surface area contributed by atoms with Crippen LogP contribution in [0.3, 0.4) is 0 Å². The molecule has 0 bridgehead atoms. The third kappa shape index (κ3) is 8.31. The molecule has 0 aromatic heterocycles. The quantitative estimate of drug-likeness (QED) is 0.347. The van der Waals surface area contributed by atoms with Gasteiger partial charge in [0, 0.05) is 43.3 Å². The molecule has 0 spiro atoms. The first kappa shape index (κ1) is 30.7. The highest BCUT2D eigenvalue weighted by atomic mass is 32.2. The number of amides is 2. The van der Waals surface area contributed by atoms with Crippen LogP contribution in [0, 0.1) is 11.7 Å². The van der Waals surface area contributed by atoms with Gasteiger partial charge in [0.2, 0.25) is 11.8 Å². The van der Waals surface area contributed by atoms with Crippen LogP contribution in [0.25, 0.3) is 0 Å². The lowest BCUT2D eigenvalue weighted by Crippen LogP contribution is -2.55. The number of nitrogens with zero attached hydrogens (tertiary/aromatic N) is 2. The lowest BCUT2D eigenvalue weighted by molar-refractivity contribution is -0.125. The van der Waals surface area contributed by atoms with Crippen LogP contribution in [0.4, 0.5) is 10.1 Å². The molecule has 0 saturated carbocycles. The summed E-state index contributed by atoms with van der Waals surface area (Å²) in [5.74, 6) is -1.60. The molecule has 39 heavy (non-hydrogen) atoms. The molecule has 4 atom stereocenters. The van der Waals surface area contributed by atoms with Crippen LogP contribution in [0.1, 0.15) is 45.6 Å². The largest absolute Gasteiger partial charge is 0.350 e. The predicted molar refractivity (Wildman–Crippen MR) is 150 cm³/mol. The van der Waals surface area contributed by atoms with E-state index in [0.29, 0.717) is 25.2 Å². The molecule has 2 aromatic carbocycles. The van der Waals surface area contributed by atoms with Gasteiger partial charge < -0.3 is 16.4 Å². The van der Waals surface area contributed by atoms with Crippen LogP contribution in [-0.4, -0.2) is 66.6 Å². The van der Waals surface area contributed by atoms with Crippen molar-refractivity contribution in [3.8, 4) is 0 Å². The van der Waals surface area contributed by atoms with Crippen molar-refractivity contribution >= 4 is 27.7 Å². The third-order valence-corrected chi connectivity index (χ3v) is 9.20. The second-order valence-corrected chi connectivity index (χ2v) is 12.0. The van der Waals surface area contributed by atoms with Crippen molar-refractivity contribution in [2.75, 3.05) is 25.0 Å². The number of rotatable bonds is 13. The fourth-order valence-electron chi connectivity index (χ4n) is 4.63. The van der Waals surface area contributed by atoms with E-state index in [0.717, 1.165) is 18.4 Å². The maximum Gasteiger partial charge on any atom is 0.282 e. The Labute approximate surface area is 231 Å². The molecule has 0 unspecified atom stereocenters. The van der Waals surface area contributed by atoms with Crippen LogP contribution < -0.4 is 16.4 Å². The molecule has 2 amide bonds. The minimum absolute atomic E-state index is 0.247. The van der Waals surface area contributed by atoms with Gasteiger partial charge in [0.1, 0.15) is 11.9 Å². The number of carbonyl (C=O) groups excluding carboxylic acids is 2. The molecule has 1 aliphatic heterocycles. The normalized spacial score (nSPS) is 18.7. The van der Waals surface area contributed by atoms with Crippen molar-refractivity contribution in [1.29, 1.82) is 0 Å². The van der Waals surface area contributed by atoms with E-state index in [1.54, 1.807) is 13.8 Å². The molecule has 3 rings (SSSR count). The van der Waals surface area contributed by atoms with Crippen molar-refractivity contribution in [3.63, 3.8) is 0 Å². The molecule has 1 aliphatic rings. The standard InChI is InChI=1S/C28H40FN5O4S/c1-4-5-15-33-16-17-34(39(33,37)38)21(3)28(36)32-26(19-22-9-7-6-8-10-22)25(30)18-20(2)27(35)31-24-13-11-23(29)12-14-24/h6-14,20-21,25-26H,4-5,15-19,30H2,1-3H3,(H,31,35)(H,32,36)/t20-,21+,25+,26+/m1/s1. The second kappa shape index (κ2) is 14.0. The van der Waals surface area contributed by atoms with E-state index in [9.17, 15) is 22.4 Å². The van der Waals surface area contributed by atoms with E-state index in [4.69, 9.17) is 5.73 Å². The summed E-state index contributed by atoms with van der Waals surface area (Å²) >= 11 is 0. The van der Waals surface area contributed by atoms with Gasteiger partial charge in [-0.05, 0) is 56.0 Å². The highest BCUT2D eigenvalue weighted by Crippen LogP contribution is 2.21. The number of hydrogen-bond acceptors (Lipinski definition) is 5. The Morgan fingerprint density at radius 2 is 1.69 bits per heavy atom. The molecular formula is C28H40FN5O4S. The van der Waals surface area contributed by atoms with E-state index in [1.165, 1.54) is 32.9 Å². The van der Waals surface area contributed by atoms with Crippen molar-refractivity contribution < 1.29 is 22.4 Å². The molecule has 1 fully saturated rings. The van der Waals surface area contributed by atoms with Crippen molar-refractivity contribution in [3.05, 3.63) is 66.0 Å². The van der Waals surface area contributed by atoms with E-state index in [2.05, 4.69) is 10.6 Å².